The fourth-order valence-electron chi connectivity index (χ4n) is 2.61. The summed E-state index contributed by atoms with van der Waals surface area (Å²) in [6.45, 7) is 7.82. The third kappa shape index (κ3) is 2.14. The van der Waals surface area contributed by atoms with E-state index in [9.17, 15) is 0 Å². The second kappa shape index (κ2) is 4.58. The smallest absolute Gasteiger partial charge is 0.0537 e. The van der Waals surface area contributed by atoms with Gasteiger partial charge in [0.15, 0.2) is 0 Å². The summed E-state index contributed by atoms with van der Waals surface area (Å²) in [6.07, 6.45) is 4.66. The van der Waals surface area contributed by atoms with Gasteiger partial charge in [-0.1, -0.05) is 13.8 Å². The molecule has 0 saturated heterocycles. The van der Waals surface area contributed by atoms with E-state index in [1.54, 1.807) is 0 Å². The van der Waals surface area contributed by atoms with Gasteiger partial charge >= 0.3 is 0 Å². The predicted octanol–water partition coefficient (Wildman–Crippen LogP) is 2.25. The van der Waals surface area contributed by atoms with Crippen LogP contribution in [0.3, 0.4) is 0 Å². The zero-order chi connectivity index (χ0) is 11.7. The molecule has 1 fully saturated rings. The topological polar surface area (TPSA) is 29.9 Å². The molecule has 16 heavy (non-hydrogen) atoms. The molecule has 0 aliphatic heterocycles. The molecule has 90 valence electrons. The van der Waals surface area contributed by atoms with E-state index in [1.165, 1.54) is 24.1 Å². The molecule has 1 aromatic heterocycles. The van der Waals surface area contributed by atoms with Gasteiger partial charge in [0.25, 0.3) is 0 Å². The Labute approximate surface area is 98.2 Å². The van der Waals surface area contributed by atoms with E-state index in [-0.39, 0.29) is 0 Å². The number of rotatable bonds is 3. The van der Waals surface area contributed by atoms with Crippen molar-refractivity contribution < 1.29 is 0 Å². The summed E-state index contributed by atoms with van der Waals surface area (Å²) >= 11 is 0. The highest BCUT2D eigenvalue weighted by molar-refractivity contribution is 5.15. The van der Waals surface area contributed by atoms with Crippen LogP contribution in [-0.2, 0) is 13.6 Å². The molecule has 3 nitrogen and oxygen atoms in total. The Hall–Kier alpha value is -0.830. The maximum atomic E-state index is 4.27. The standard InChI is InChI=1S/C13H23N3/c1-9-5-6-13(10(9)2)14-7-12-8-15-16(4)11(12)3/h8-10,13-14H,5-7H2,1-4H3. The lowest BCUT2D eigenvalue weighted by Crippen LogP contribution is -2.32. The van der Waals surface area contributed by atoms with E-state index >= 15 is 0 Å². The van der Waals surface area contributed by atoms with Gasteiger partial charge in [0.05, 0.1) is 6.20 Å². The largest absolute Gasteiger partial charge is 0.310 e. The van der Waals surface area contributed by atoms with Crippen molar-refractivity contribution in [1.82, 2.24) is 15.1 Å². The summed E-state index contributed by atoms with van der Waals surface area (Å²) in [5.74, 6) is 1.67. The summed E-state index contributed by atoms with van der Waals surface area (Å²) in [5.41, 5.74) is 2.60. The minimum Gasteiger partial charge on any atom is -0.310 e. The molecule has 1 N–H and O–H groups in total. The number of nitrogens with zero attached hydrogens (tertiary/aromatic N) is 2. The maximum absolute atomic E-state index is 4.27. The van der Waals surface area contributed by atoms with Gasteiger partial charge in [-0.05, 0) is 31.6 Å². The number of aromatic nitrogens is 2. The van der Waals surface area contributed by atoms with E-state index in [4.69, 9.17) is 0 Å². The van der Waals surface area contributed by atoms with Crippen LogP contribution in [0.25, 0.3) is 0 Å². The van der Waals surface area contributed by atoms with Gasteiger partial charge in [0.2, 0.25) is 0 Å². The third-order valence-corrected chi connectivity index (χ3v) is 4.36. The Morgan fingerprint density at radius 2 is 2.19 bits per heavy atom. The summed E-state index contributed by atoms with van der Waals surface area (Å²) in [7, 11) is 2.00. The molecular formula is C13H23N3. The van der Waals surface area contributed by atoms with Crippen LogP contribution in [0.15, 0.2) is 6.20 Å². The average molecular weight is 221 g/mol. The highest BCUT2D eigenvalue weighted by Gasteiger charge is 2.29. The van der Waals surface area contributed by atoms with Gasteiger partial charge in [0.1, 0.15) is 0 Å². The van der Waals surface area contributed by atoms with Crippen LogP contribution >= 0.6 is 0 Å². The van der Waals surface area contributed by atoms with Gasteiger partial charge < -0.3 is 5.32 Å². The molecule has 1 heterocycles. The van der Waals surface area contributed by atoms with Crippen LogP contribution in [0.2, 0.25) is 0 Å². The molecule has 3 atom stereocenters. The Balaban J connectivity index is 1.91. The second-order valence-electron chi connectivity index (χ2n) is 5.28. The van der Waals surface area contributed by atoms with Gasteiger partial charge in [-0.15, -0.1) is 0 Å². The third-order valence-electron chi connectivity index (χ3n) is 4.36. The monoisotopic (exact) mass is 221 g/mol. The first-order valence-electron chi connectivity index (χ1n) is 6.30. The van der Waals surface area contributed by atoms with Crippen LogP contribution in [0.4, 0.5) is 0 Å². The van der Waals surface area contributed by atoms with Gasteiger partial charge in [-0.25, -0.2) is 0 Å². The van der Waals surface area contributed by atoms with E-state index in [0.717, 1.165) is 18.4 Å². The molecule has 0 amide bonds. The van der Waals surface area contributed by atoms with Crippen LogP contribution in [-0.4, -0.2) is 15.8 Å². The van der Waals surface area contributed by atoms with E-state index < -0.39 is 0 Å². The zero-order valence-electron chi connectivity index (χ0n) is 10.8. The summed E-state index contributed by atoms with van der Waals surface area (Å²) < 4.78 is 1.94. The van der Waals surface area contributed by atoms with Gasteiger partial charge in [0, 0.05) is 30.9 Å². The number of aryl methyl sites for hydroxylation is 1. The minimum atomic E-state index is 0.689. The molecular weight excluding hydrogens is 198 g/mol. The van der Waals surface area contributed by atoms with Gasteiger partial charge in [-0.3, -0.25) is 4.68 Å². The SMILES string of the molecule is Cc1c(CNC2CCC(C)C2C)cnn1C. The zero-order valence-corrected chi connectivity index (χ0v) is 10.8. The van der Waals surface area contributed by atoms with Crippen molar-refractivity contribution in [3.05, 3.63) is 17.5 Å². The van der Waals surface area contributed by atoms with Crippen LogP contribution in [0.1, 0.15) is 37.9 Å². The average Bonchev–Trinajstić information content (AvgIpc) is 2.74. The second-order valence-corrected chi connectivity index (χ2v) is 5.28. The molecule has 1 saturated carbocycles. The lowest BCUT2D eigenvalue weighted by Gasteiger charge is -2.19. The van der Waals surface area contributed by atoms with Crippen LogP contribution in [0, 0.1) is 18.8 Å². The molecule has 0 bridgehead atoms. The quantitative estimate of drug-likeness (QED) is 0.848. The molecule has 3 unspecified atom stereocenters. The van der Waals surface area contributed by atoms with Crippen molar-refractivity contribution >= 4 is 0 Å². The molecule has 1 aliphatic carbocycles. The van der Waals surface area contributed by atoms with Crippen molar-refractivity contribution in [2.24, 2.45) is 18.9 Å². The van der Waals surface area contributed by atoms with E-state index in [1.807, 2.05) is 17.9 Å². The van der Waals surface area contributed by atoms with Crippen molar-refractivity contribution in [2.45, 2.75) is 46.2 Å². The highest BCUT2D eigenvalue weighted by atomic mass is 15.3. The molecule has 1 aromatic rings. The molecule has 1 aliphatic rings. The Morgan fingerprint density at radius 3 is 2.69 bits per heavy atom. The van der Waals surface area contributed by atoms with Crippen LogP contribution in [0.5, 0.6) is 0 Å². The Bertz CT molecular complexity index is 356. The highest BCUT2D eigenvalue weighted by Crippen LogP contribution is 2.31. The molecule has 0 radical (unpaired) electrons. The van der Waals surface area contributed by atoms with E-state index in [2.05, 4.69) is 31.2 Å². The fraction of sp³-hybridized carbons (Fsp3) is 0.769. The normalized spacial score (nSPS) is 29.9. The summed E-state index contributed by atoms with van der Waals surface area (Å²) in [5, 5.41) is 7.95. The maximum Gasteiger partial charge on any atom is 0.0537 e. The number of hydrogen-bond acceptors (Lipinski definition) is 2. The van der Waals surface area contributed by atoms with Crippen molar-refractivity contribution in [3.63, 3.8) is 0 Å². The first kappa shape index (κ1) is 11.6. The lowest BCUT2D eigenvalue weighted by atomic mass is 9.98. The van der Waals surface area contributed by atoms with Crippen molar-refractivity contribution in [2.75, 3.05) is 0 Å². The lowest BCUT2D eigenvalue weighted by molar-refractivity contribution is 0.369. The van der Waals surface area contributed by atoms with Gasteiger partial charge in [-0.2, -0.15) is 5.10 Å². The molecule has 0 spiro atoms. The summed E-state index contributed by atoms with van der Waals surface area (Å²) in [6, 6.07) is 0.689. The molecule has 2 rings (SSSR count). The van der Waals surface area contributed by atoms with Crippen LogP contribution < -0.4 is 5.32 Å². The number of nitrogens with one attached hydrogen (secondary N) is 1. The summed E-state index contributed by atoms with van der Waals surface area (Å²) in [4.78, 5) is 0. The molecule has 3 heteroatoms. The molecule has 0 aromatic carbocycles. The van der Waals surface area contributed by atoms with Crippen molar-refractivity contribution in [1.29, 1.82) is 0 Å². The first-order valence-corrected chi connectivity index (χ1v) is 6.30. The number of hydrogen-bond donors (Lipinski definition) is 1. The minimum absolute atomic E-state index is 0.689. The predicted molar refractivity (Wildman–Crippen MR) is 66.1 cm³/mol. The van der Waals surface area contributed by atoms with Crippen molar-refractivity contribution in [3.8, 4) is 0 Å². The first-order chi connectivity index (χ1) is 7.59. The Morgan fingerprint density at radius 1 is 1.44 bits per heavy atom. The Kier molecular flexibility index (Phi) is 3.33. The van der Waals surface area contributed by atoms with E-state index in [0.29, 0.717) is 6.04 Å². The fourth-order valence-corrected chi connectivity index (χ4v) is 2.61.